The van der Waals surface area contributed by atoms with Crippen molar-refractivity contribution in [3.05, 3.63) is 99.0 Å². The van der Waals surface area contributed by atoms with Crippen molar-refractivity contribution in [2.24, 2.45) is 0 Å². The minimum atomic E-state index is -3.64. The topological polar surface area (TPSA) is 86.8 Å². The van der Waals surface area contributed by atoms with Gasteiger partial charge in [0.05, 0.1) is 11.9 Å². The van der Waals surface area contributed by atoms with E-state index in [0.29, 0.717) is 22.7 Å². The molecule has 2 amide bonds. The van der Waals surface area contributed by atoms with Crippen LogP contribution in [0.5, 0.6) is 0 Å². The van der Waals surface area contributed by atoms with Gasteiger partial charge in [-0.2, -0.15) is 0 Å². The zero-order chi connectivity index (χ0) is 30.9. The van der Waals surface area contributed by atoms with Crippen molar-refractivity contribution in [2.45, 2.75) is 65.1 Å². The van der Waals surface area contributed by atoms with Gasteiger partial charge in [0.25, 0.3) is 0 Å². The summed E-state index contributed by atoms with van der Waals surface area (Å²) in [6, 6.07) is 21.6. The lowest BCUT2D eigenvalue weighted by Crippen LogP contribution is -2.52. The zero-order valence-corrected chi connectivity index (χ0v) is 27.7. The highest BCUT2D eigenvalue weighted by atomic mass is 79.9. The molecule has 0 heterocycles. The molecule has 42 heavy (non-hydrogen) atoms. The number of carbonyl (C=O) groups is 2. The maximum absolute atomic E-state index is 14.0. The lowest BCUT2D eigenvalue weighted by molar-refractivity contribution is -0.141. The summed E-state index contributed by atoms with van der Waals surface area (Å²) >= 11 is 9.78. The SMILES string of the molecule is CC[C@H](C)NC(=O)[C@H](Cc1ccccc1)N(Cc1cccc(Br)c1)C(=O)CCCN(c1cccc(Cl)c1C)S(C)(=O)=O. The molecule has 0 aliphatic rings. The van der Waals surface area contributed by atoms with Gasteiger partial charge in [0, 0.05) is 41.5 Å². The molecule has 3 aromatic carbocycles. The summed E-state index contributed by atoms with van der Waals surface area (Å²) in [4.78, 5) is 29.3. The van der Waals surface area contributed by atoms with E-state index in [1.807, 2.05) is 68.4 Å². The van der Waals surface area contributed by atoms with Crippen LogP contribution in [0.4, 0.5) is 5.69 Å². The predicted molar refractivity (Wildman–Crippen MR) is 174 cm³/mol. The number of sulfonamides is 1. The van der Waals surface area contributed by atoms with Crippen LogP contribution in [-0.4, -0.2) is 50.0 Å². The first-order valence-corrected chi connectivity index (χ1v) is 17.0. The Bertz CT molecular complexity index is 1470. The summed E-state index contributed by atoms with van der Waals surface area (Å²) < 4.78 is 27.6. The number of hydrogen-bond donors (Lipinski definition) is 1. The summed E-state index contributed by atoms with van der Waals surface area (Å²) in [5.74, 6) is -0.449. The van der Waals surface area contributed by atoms with Gasteiger partial charge in [0.15, 0.2) is 0 Å². The zero-order valence-electron chi connectivity index (χ0n) is 24.5. The fourth-order valence-electron chi connectivity index (χ4n) is 4.68. The third-order valence-electron chi connectivity index (χ3n) is 7.17. The molecule has 1 N–H and O–H groups in total. The molecule has 0 fully saturated rings. The Kier molecular flexibility index (Phi) is 12.4. The highest BCUT2D eigenvalue weighted by molar-refractivity contribution is 9.10. The number of benzene rings is 3. The molecule has 0 aliphatic heterocycles. The van der Waals surface area contributed by atoms with Gasteiger partial charge in [0.1, 0.15) is 6.04 Å². The molecular formula is C32H39BrClN3O4S. The van der Waals surface area contributed by atoms with Crippen molar-refractivity contribution < 1.29 is 18.0 Å². The van der Waals surface area contributed by atoms with E-state index in [1.165, 1.54) is 4.31 Å². The summed E-state index contributed by atoms with van der Waals surface area (Å²) in [6.45, 7) is 6.03. The van der Waals surface area contributed by atoms with Gasteiger partial charge < -0.3 is 10.2 Å². The Morgan fingerprint density at radius 2 is 1.67 bits per heavy atom. The van der Waals surface area contributed by atoms with Crippen LogP contribution in [0.3, 0.4) is 0 Å². The first kappa shape index (κ1) is 33.6. The van der Waals surface area contributed by atoms with E-state index in [9.17, 15) is 18.0 Å². The van der Waals surface area contributed by atoms with Crippen molar-refractivity contribution in [1.29, 1.82) is 0 Å². The van der Waals surface area contributed by atoms with Crippen LogP contribution in [0.2, 0.25) is 5.02 Å². The normalized spacial score (nSPS) is 12.8. The van der Waals surface area contributed by atoms with Crippen LogP contribution in [0.15, 0.2) is 77.3 Å². The van der Waals surface area contributed by atoms with Crippen molar-refractivity contribution in [1.82, 2.24) is 10.2 Å². The van der Waals surface area contributed by atoms with Gasteiger partial charge >= 0.3 is 0 Å². The molecule has 0 aromatic heterocycles. The molecule has 7 nitrogen and oxygen atoms in total. The molecule has 0 bridgehead atoms. The van der Waals surface area contributed by atoms with E-state index in [0.717, 1.165) is 28.3 Å². The van der Waals surface area contributed by atoms with Gasteiger partial charge in [-0.3, -0.25) is 13.9 Å². The average molecular weight is 677 g/mol. The number of halogens is 2. The maximum Gasteiger partial charge on any atom is 0.243 e. The van der Waals surface area contributed by atoms with Crippen molar-refractivity contribution in [2.75, 3.05) is 17.1 Å². The van der Waals surface area contributed by atoms with E-state index in [1.54, 1.807) is 30.0 Å². The first-order chi connectivity index (χ1) is 19.9. The van der Waals surface area contributed by atoms with E-state index in [2.05, 4.69) is 21.2 Å². The van der Waals surface area contributed by atoms with Crippen LogP contribution >= 0.6 is 27.5 Å². The molecule has 3 rings (SSSR count). The quantitative estimate of drug-likeness (QED) is 0.211. The second-order valence-corrected chi connectivity index (χ2v) is 13.7. The van der Waals surface area contributed by atoms with Gasteiger partial charge in [0.2, 0.25) is 21.8 Å². The fourth-order valence-corrected chi connectivity index (χ4v) is 6.31. The molecule has 226 valence electrons. The lowest BCUT2D eigenvalue weighted by Gasteiger charge is -2.33. The second kappa shape index (κ2) is 15.5. The number of nitrogens with zero attached hydrogens (tertiary/aromatic N) is 2. The highest BCUT2D eigenvalue weighted by Gasteiger charge is 2.31. The third kappa shape index (κ3) is 9.57. The van der Waals surface area contributed by atoms with Crippen LogP contribution in [0, 0.1) is 6.92 Å². The van der Waals surface area contributed by atoms with Gasteiger partial charge in [-0.25, -0.2) is 8.42 Å². The Balaban J connectivity index is 1.91. The van der Waals surface area contributed by atoms with E-state index in [4.69, 9.17) is 11.6 Å². The monoisotopic (exact) mass is 675 g/mol. The largest absolute Gasteiger partial charge is 0.352 e. The van der Waals surface area contributed by atoms with Crippen molar-refractivity contribution in [3.63, 3.8) is 0 Å². The van der Waals surface area contributed by atoms with Crippen LogP contribution in [0.25, 0.3) is 0 Å². The van der Waals surface area contributed by atoms with E-state index < -0.39 is 16.1 Å². The van der Waals surface area contributed by atoms with E-state index >= 15 is 0 Å². The fraction of sp³-hybridized carbons (Fsp3) is 0.375. The number of rotatable bonds is 14. The Hall–Kier alpha value is -2.88. The van der Waals surface area contributed by atoms with Crippen molar-refractivity contribution in [3.8, 4) is 0 Å². The Morgan fingerprint density at radius 1 is 1.00 bits per heavy atom. The molecule has 0 saturated heterocycles. The minimum absolute atomic E-state index is 0.0529. The second-order valence-electron chi connectivity index (χ2n) is 10.5. The predicted octanol–water partition coefficient (Wildman–Crippen LogP) is 6.51. The molecule has 0 spiro atoms. The molecule has 3 aromatic rings. The molecule has 0 aliphatic carbocycles. The Morgan fingerprint density at radius 3 is 2.31 bits per heavy atom. The summed E-state index contributed by atoms with van der Waals surface area (Å²) in [5.41, 5.74) is 2.95. The summed E-state index contributed by atoms with van der Waals surface area (Å²) in [6.07, 6.45) is 2.57. The average Bonchev–Trinajstić information content (AvgIpc) is 2.94. The summed E-state index contributed by atoms with van der Waals surface area (Å²) in [7, 11) is -3.64. The van der Waals surface area contributed by atoms with E-state index in [-0.39, 0.29) is 43.8 Å². The lowest BCUT2D eigenvalue weighted by atomic mass is 10.0. The third-order valence-corrected chi connectivity index (χ3v) is 9.26. The standard InChI is InChI=1S/C32H39BrClN3O4S/c1-5-23(2)35-32(39)30(21-25-12-7-6-8-13-25)36(22-26-14-9-15-27(33)20-26)31(38)18-11-19-37(42(4,40)41)29-17-10-16-28(34)24(29)3/h6-10,12-17,20,23,30H,5,11,18-19,21-22H2,1-4H3,(H,35,39)/t23-,30-/m0/s1. The van der Waals surface area contributed by atoms with Crippen LogP contribution in [0.1, 0.15) is 49.8 Å². The smallest absolute Gasteiger partial charge is 0.243 e. The number of nitrogens with one attached hydrogen (secondary N) is 1. The minimum Gasteiger partial charge on any atom is -0.352 e. The van der Waals surface area contributed by atoms with Gasteiger partial charge in [-0.05, 0) is 67.6 Å². The molecule has 0 radical (unpaired) electrons. The van der Waals surface area contributed by atoms with Crippen molar-refractivity contribution >= 4 is 55.1 Å². The number of amides is 2. The molecule has 10 heteroatoms. The molecule has 0 unspecified atom stereocenters. The first-order valence-electron chi connectivity index (χ1n) is 14.0. The highest BCUT2D eigenvalue weighted by Crippen LogP contribution is 2.28. The summed E-state index contributed by atoms with van der Waals surface area (Å²) in [5, 5.41) is 3.53. The molecular weight excluding hydrogens is 638 g/mol. The molecule has 2 atom stereocenters. The number of carbonyl (C=O) groups excluding carboxylic acids is 2. The van der Waals surface area contributed by atoms with Gasteiger partial charge in [-0.15, -0.1) is 0 Å². The van der Waals surface area contributed by atoms with Gasteiger partial charge in [-0.1, -0.05) is 83.0 Å². The van der Waals surface area contributed by atoms with Crippen LogP contribution < -0.4 is 9.62 Å². The van der Waals surface area contributed by atoms with Crippen LogP contribution in [-0.2, 0) is 32.6 Å². The maximum atomic E-state index is 14.0. The number of anilines is 1. The number of hydrogen-bond acceptors (Lipinski definition) is 4. The molecule has 0 saturated carbocycles. The Labute approximate surface area is 263 Å².